The van der Waals surface area contributed by atoms with Crippen molar-refractivity contribution in [3.8, 4) is 17.0 Å². The quantitative estimate of drug-likeness (QED) is 0.656. The number of hydrogen-bond donors (Lipinski definition) is 1. The van der Waals surface area contributed by atoms with Crippen molar-refractivity contribution in [1.82, 2.24) is 4.57 Å². The Hall–Kier alpha value is -2.80. The Morgan fingerprint density at radius 1 is 1.19 bits per heavy atom. The second kappa shape index (κ2) is 8.62. The molecule has 1 aromatic heterocycles. The Bertz CT molecular complexity index is 1080. The first-order valence-electron chi connectivity index (χ1n) is 11.2. The van der Waals surface area contributed by atoms with Gasteiger partial charge in [0.2, 0.25) is 0 Å². The number of pyridine rings is 1. The molecule has 0 radical (unpaired) electrons. The molecule has 4 rings (SSSR count). The van der Waals surface area contributed by atoms with Gasteiger partial charge in [-0.1, -0.05) is 20.8 Å². The van der Waals surface area contributed by atoms with Crippen molar-refractivity contribution in [3.63, 3.8) is 0 Å². The van der Waals surface area contributed by atoms with Crippen LogP contribution in [0.2, 0.25) is 0 Å². The Kier molecular flexibility index (Phi) is 6.03. The molecular weight excluding hydrogens is 408 g/mol. The van der Waals surface area contributed by atoms with E-state index in [9.17, 15) is 14.7 Å². The van der Waals surface area contributed by atoms with E-state index in [0.717, 1.165) is 60.6 Å². The maximum atomic E-state index is 12.6. The molecule has 0 amide bonds. The minimum Gasteiger partial charge on any atom is -0.491 e. The minimum atomic E-state index is -1.19. The predicted molar refractivity (Wildman–Crippen MR) is 124 cm³/mol. The zero-order valence-electron chi connectivity index (χ0n) is 19.3. The van der Waals surface area contributed by atoms with Crippen molar-refractivity contribution in [1.29, 1.82) is 0 Å². The maximum absolute atomic E-state index is 12.6. The third-order valence-electron chi connectivity index (χ3n) is 6.47. The van der Waals surface area contributed by atoms with E-state index in [2.05, 4.69) is 37.8 Å². The summed E-state index contributed by atoms with van der Waals surface area (Å²) in [5.74, 6) is -0.324. The van der Waals surface area contributed by atoms with Crippen LogP contribution >= 0.6 is 0 Å². The number of methoxy groups -OCH3 is 1. The highest BCUT2D eigenvalue weighted by atomic mass is 16.5. The van der Waals surface area contributed by atoms with Gasteiger partial charge in [-0.05, 0) is 36.0 Å². The van der Waals surface area contributed by atoms with Crippen LogP contribution in [0, 0.1) is 5.41 Å². The van der Waals surface area contributed by atoms with Crippen molar-refractivity contribution in [2.24, 2.45) is 5.41 Å². The molecule has 0 bridgehead atoms. The van der Waals surface area contributed by atoms with Crippen molar-refractivity contribution >= 4 is 11.7 Å². The Morgan fingerprint density at radius 2 is 1.94 bits per heavy atom. The summed E-state index contributed by atoms with van der Waals surface area (Å²) >= 11 is 0. The van der Waals surface area contributed by atoms with Crippen LogP contribution in [0.3, 0.4) is 0 Å². The molecule has 172 valence electrons. The van der Waals surface area contributed by atoms with Crippen molar-refractivity contribution < 1.29 is 19.4 Å². The largest absolute Gasteiger partial charge is 0.491 e. The molecule has 0 aliphatic carbocycles. The molecule has 1 aromatic carbocycles. The van der Waals surface area contributed by atoms with Crippen LogP contribution in [-0.2, 0) is 11.2 Å². The molecule has 1 saturated heterocycles. The second-order valence-corrected chi connectivity index (χ2v) is 9.75. The molecule has 3 heterocycles. The summed E-state index contributed by atoms with van der Waals surface area (Å²) < 4.78 is 13.3. The number of benzene rings is 1. The molecule has 7 heteroatoms. The zero-order chi connectivity index (χ0) is 23.0. The molecular formula is C25H32N2O5. The number of aromatic nitrogens is 1. The van der Waals surface area contributed by atoms with Crippen LogP contribution in [0.15, 0.2) is 29.2 Å². The summed E-state index contributed by atoms with van der Waals surface area (Å²) in [7, 11) is 1.69. The van der Waals surface area contributed by atoms with Crippen LogP contribution in [0.1, 0.15) is 55.6 Å². The first-order chi connectivity index (χ1) is 15.2. The van der Waals surface area contributed by atoms with E-state index in [4.69, 9.17) is 9.47 Å². The molecule has 1 N–H and O–H groups in total. The number of rotatable bonds is 7. The average Bonchev–Trinajstić information content (AvgIpc) is 2.68. The number of carboxylic acids is 1. The number of carboxylic acid groups (broad SMARTS) is 1. The third kappa shape index (κ3) is 4.13. The molecule has 0 unspecified atom stereocenters. The van der Waals surface area contributed by atoms with E-state index in [-0.39, 0.29) is 17.0 Å². The average molecular weight is 441 g/mol. The summed E-state index contributed by atoms with van der Waals surface area (Å²) in [6, 6.07) is 5.73. The van der Waals surface area contributed by atoms with Gasteiger partial charge in [0.1, 0.15) is 11.3 Å². The van der Waals surface area contributed by atoms with Gasteiger partial charge in [-0.25, -0.2) is 4.79 Å². The molecule has 7 nitrogen and oxygen atoms in total. The molecule has 2 aromatic rings. The molecule has 1 atom stereocenters. The highest BCUT2D eigenvalue weighted by molar-refractivity contribution is 5.88. The number of aromatic carboxylic acids is 1. The van der Waals surface area contributed by atoms with E-state index in [0.29, 0.717) is 13.2 Å². The van der Waals surface area contributed by atoms with Gasteiger partial charge < -0.3 is 24.0 Å². The smallest absolute Gasteiger partial charge is 0.341 e. The number of anilines is 1. The lowest BCUT2D eigenvalue weighted by molar-refractivity contribution is 0.0693. The Morgan fingerprint density at radius 3 is 2.53 bits per heavy atom. The lowest BCUT2D eigenvalue weighted by Crippen LogP contribution is -2.37. The summed E-state index contributed by atoms with van der Waals surface area (Å²) in [6.45, 7) is 9.60. The molecule has 2 aliphatic rings. The fourth-order valence-electron chi connectivity index (χ4n) is 4.54. The maximum Gasteiger partial charge on any atom is 0.341 e. The minimum absolute atomic E-state index is 0.0138. The number of ether oxygens (including phenoxy) is 2. The van der Waals surface area contributed by atoms with Gasteiger partial charge in [-0.3, -0.25) is 4.79 Å². The van der Waals surface area contributed by atoms with Crippen LogP contribution < -0.4 is 15.1 Å². The van der Waals surface area contributed by atoms with Gasteiger partial charge >= 0.3 is 5.97 Å². The summed E-state index contributed by atoms with van der Waals surface area (Å²) in [5.41, 5.74) is 3.12. The topological polar surface area (TPSA) is 81.0 Å². The monoisotopic (exact) mass is 440 g/mol. The van der Waals surface area contributed by atoms with Crippen molar-refractivity contribution in [2.45, 2.75) is 46.1 Å². The van der Waals surface area contributed by atoms with Gasteiger partial charge in [0.05, 0.1) is 18.0 Å². The van der Waals surface area contributed by atoms with Crippen molar-refractivity contribution in [2.75, 3.05) is 38.3 Å². The van der Waals surface area contributed by atoms with E-state index in [1.54, 1.807) is 7.11 Å². The van der Waals surface area contributed by atoms with E-state index in [1.165, 1.54) is 12.3 Å². The van der Waals surface area contributed by atoms with E-state index >= 15 is 0 Å². The molecule has 0 spiro atoms. The fraction of sp³-hybridized carbons (Fsp3) is 0.520. The van der Waals surface area contributed by atoms with Crippen LogP contribution in [0.5, 0.6) is 5.75 Å². The second-order valence-electron chi connectivity index (χ2n) is 9.75. The number of carbonyl (C=O) groups is 1. The van der Waals surface area contributed by atoms with E-state index in [1.807, 2.05) is 4.57 Å². The predicted octanol–water partition coefficient (Wildman–Crippen LogP) is 3.98. The Labute approximate surface area is 188 Å². The number of nitrogens with zero attached hydrogens (tertiary/aromatic N) is 2. The summed E-state index contributed by atoms with van der Waals surface area (Å²) in [4.78, 5) is 26.5. The highest BCUT2D eigenvalue weighted by Gasteiger charge is 2.34. The summed E-state index contributed by atoms with van der Waals surface area (Å²) in [5, 5.41) is 9.52. The molecule has 0 saturated carbocycles. The van der Waals surface area contributed by atoms with Gasteiger partial charge in [0.25, 0.3) is 0 Å². The lowest BCUT2D eigenvalue weighted by atomic mass is 9.78. The number of fused-ring (bicyclic) bond motifs is 3. The van der Waals surface area contributed by atoms with Gasteiger partial charge in [0, 0.05) is 57.1 Å². The highest BCUT2D eigenvalue weighted by Crippen LogP contribution is 2.46. The Balaban J connectivity index is 1.85. The van der Waals surface area contributed by atoms with E-state index < -0.39 is 11.4 Å². The fourth-order valence-corrected chi connectivity index (χ4v) is 4.54. The molecule has 32 heavy (non-hydrogen) atoms. The summed E-state index contributed by atoms with van der Waals surface area (Å²) in [6.07, 6.45) is 4.22. The zero-order valence-corrected chi connectivity index (χ0v) is 19.3. The van der Waals surface area contributed by atoms with Crippen molar-refractivity contribution in [3.05, 3.63) is 45.7 Å². The van der Waals surface area contributed by atoms with Gasteiger partial charge in [-0.2, -0.15) is 0 Å². The first kappa shape index (κ1) is 22.4. The van der Waals surface area contributed by atoms with Crippen LogP contribution in [-0.4, -0.2) is 49.1 Å². The lowest BCUT2D eigenvalue weighted by Gasteiger charge is -2.40. The standard InChI is InChI=1S/C25H32N2O5/c1-25(2,3)23-12-16-11-22(32-10-6-9-31-4)20(26-7-5-8-26)13-17(16)19-14-21(28)18(24(29)30)15-27(19)23/h11,13-15,23H,5-10,12H2,1-4H3,(H,29,30)/t23-/m0/s1. The normalized spacial score (nSPS) is 17.4. The van der Waals surface area contributed by atoms with Crippen LogP contribution in [0.25, 0.3) is 11.3 Å². The molecule has 1 fully saturated rings. The van der Waals surface area contributed by atoms with Gasteiger partial charge in [0.15, 0.2) is 5.43 Å². The van der Waals surface area contributed by atoms with Crippen LogP contribution in [0.4, 0.5) is 5.69 Å². The number of hydrogen-bond acceptors (Lipinski definition) is 5. The SMILES string of the molecule is COCCCOc1cc2c(cc1N1CCC1)-c1cc(=O)c(C(=O)O)cn1[C@H](C(C)(C)C)C2. The van der Waals surface area contributed by atoms with Gasteiger partial charge in [-0.15, -0.1) is 0 Å². The third-order valence-corrected chi connectivity index (χ3v) is 6.47. The first-order valence-corrected chi connectivity index (χ1v) is 11.2. The molecule has 2 aliphatic heterocycles.